The van der Waals surface area contributed by atoms with Crippen LogP contribution in [0.3, 0.4) is 0 Å². The Labute approximate surface area is 218 Å². The number of aliphatic carboxylic acids is 1. The number of amides is 2. The number of carboxylic acid groups (broad SMARTS) is 1. The highest BCUT2D eigenvalue weighted by Gasteiger charge is 2.38. The Bertz CT molecular complexity index is 1060. The zero-order valence-electron chi connectivity index (χ0n) is 21.4. The van der Waals surface area contributed by atoms with Crippen LogP contribution in [0.2, 0.25) is 0 Å². The summed E-state index contributed by atoms with van der Waals surface area (Å²) in [6.45, 7) is 6.14. The Morgan fingerprint density at radius 1 is 1.11 bits per heavy atom. The zero-order chi connectivity index (χ0) is 28.5. The van der Waals surface area contributed by atoms with Crippen molar-refractivity contribution >= 4 is 12.0 Å². The molecule has 0 radical (unpaired) electrons. The Kier molecular flexibility index (Phi) is 11.3. The van der Waals surface area contributed by atoms with Gasteiger partial charge in [0.25, 0.3) is 0 Å². The smallest absolute Gasteiger partial charge is 0.490 e. The first-order valence-electron chi connectivity index (χ1n) is 12.0. The molecule has 2 N–H and O–H groups in total. The van der Waals surface area contributed by atoms with Crippen LogP contribution in [0.15, 0.2) is 42.5 Å². The number of hydrogen-bond acceptors (Lipinski definition) is 4. The average molecular weight is 546 g/mol. The molecule has 0 aliphatic carbocycles. The van der Waals surface area contributed by atoms with Gasteiger partial charge in [0.15, 0.2) is 0 Å². The van der Waals surface area contributed by atoms with Crippen LogP contribution in [0.5, 0.6) is 5.75 Å². The molecule has 2 aromatic carbocycles. The standard InChI is InChI=1S/C24H31F2N3O2.C2HF3O2/c1-17(2)31-22-8-4-18(5-9-22)15-27-24(30)29(21-10-12-28(3)13-11-21)16-19-6-7-20(25)14-23(19)26;3-2(4,5)1(6)7/h4-9,14,17,21H,10-13,15-16H2,1-3H3,(H,27,30);(H,6,7). The second-order valence-electron chi connectivity index (χ2n) is 9.17. The third-order valence-electron chi connectivity index (χ3n) is 5.73. The average Bonchev–Trinajstić information content (AvgIpc) is 2.83. The van der Waals surface area contributed by atoms with Crippen molar-refractivity contribution in [2.24, 2.45) is 0 Å². The number of rotatable bonds is 7. The summed E-state index contributed by atoms with van der Waals surface area (Å²) in [7, 11) is 2.05. The molecule has 0 bridgehead atoms. The molecule has 1 aliphatic rings. The summed E-state index contributed by atoms with van der Waals surface area (Å²) in [6, 6.07) is 10.8. The maximum absolute atomic E-state index is 14.3. The number of carbonyl (C=O) groups excluding carboxylic acids is 1. The lowest BCUT2D eigenvalue weighted by Gasteiger charge is -2.37. The SMILES string of the molecule is CC(C)Oc1ccc(CNC(=O)N(Cc2ccc(F)cc2F)C2CCN(C)CC2)cc1.O=C(O)C(F)(F)F. The van der Waals surface area contributed by atoms with Gasteiger partial charge in [-0.25, -0.2) is 18.4 Å². The molecule has 12 heteroatoms. The first kappa shape index (κ1) is 30.8. The largest absolute Gasteiger partial charge is 0.491 e. The van der Waals surface area contributed by atoms with Gasteiger partial charge < -0.3 is 25.0 Å². The number of hydrogen-bond donors (Lipinski definition) is 2. The second-order valence-corrected chi connectivity index (χ2v) is 9.17. The minimum absolute atomic E-state index is 0.00229. The molecule has 0 atom stereocenters. The summed E-state index contributed by atoms with van der Waals surface area (Å²) in [4.78, 5) is 25.9. The lowest BCUT2D eigenvalue weighted by molar-refractivity contribution is -0.192. The van der Waals surface area contributed by atoms with Gasteiger partial charge in [-0.15, -0.1) is 0 Å². The number of carboxylic acids is 1. The van der Waals surface area contributed by atoms with E-state index in [-0.39, 0.29) is 24.7 Å². The summed E-state index contributed by atoms with van der Waals surface area (Å²) in [5, 5.41) is 10.1. The topological polar surface area (TPSA) is 82.1 Å². The molecule has 1 saturated heterocycles. The van der Waals surface area contributed by atoms with Crippen LogP contribution in [0.1, 0.15) is 37.8 Å². The van der Waals surface area contributed by atoms with E-state index in [1.165, 1.54) is 12.1 Å². The van der Waals surface area contributed by atoms with E-state index < -0.39 is 23.8 Å². The highest BCUT2D eigenvalue weighted by Crippen LogP contribution is 2.21. The minimum Gasteiger partial charge on any atom is -0.491 e. The highest BCUT2D eigenvalue weighted by molar-refractivity contribution is 5.74. The van der Waals surface area contributed by atoms with Gasteiger partial charge in [-0.05, 0) is 70.6 Å². The van der Waals surface area contributed by atoms with Crippen molar-refractivity contribution in [3.05, 3.63) is 65.2 Å². The lowest BCUT2D eigenvalue weighted by atomic mass is 10.0. The van der Waals surface area contributed by atoms with Gasteiger partial charge in [0.1, 0.15) is 17.4 Å². The summed E-state index contributed by atoms with van der Waals surface area (Å²) < 4.78 is 64.9. The zero-order valence-corrected chi connectivity index (χ0v) is 21.4. The van der Waals surface area contributed by atoms with E-state index in [0.717, 1.165) is 43.3 Å². The molecule has 1 fully saturated rings. The number of halogens is 5. The lowest BCUT2D eigenvalue weighted by Crippen LogP contribution is -2.49. The maximum atomic E-state index is 14.3. The van der Waals surface area contributed by atoms with Crippen LogP contribution >= 0.6 is 0 Å². The van der Waals surface area contributed by atoms with Crippen molar-refractivity contribution < 1.29 is 41.4 Å². The van der Waals surface area contributed by atoms with Crippen LogP contribution in [-0.2, 0) is 17.9 Å². The van der Waals surface area contributed by atoms with Crippen LogP contribution < -0.4 is 10.1 Å². The molecule has 0 spiro atoms. The van der Waals surface area contributed by atoms with Crippen molar-refractivity contribution in [2.45, 2.75) is 58.1 Å². The summed E-state index contributed by atoms with van der Waals surface area (Å²) >= 11 is 0. The van der Waals surface area contributed by atoms with Gasteiger partial charge in [0.05, 0.1) is 12.6 Å². The van der Waals surface area contributed by atoms with Gasteiger partial charge in [0, 0.05) is 24.2 Å². The van der Waals surface area contributed by atoms with E-state index in [4.69, 9.17) is 14.6 Å². The molecule has 2 aromatic rings. The Morgan fingerprint density at radius 2 is 1.68 bits per heavy atom. The summed E-state index contributed by atoms with van der Waals surface area (Å²) in [5.74, 6) is -3.23. The molecule has 1 aliphatic heterocycles. The fraction of sp³-hybridized carbons (Fsp3) is 0.462. The minimum atomic E-state index is -5.08. The number of nitrogens with one attached hydrogen (secondary N) is 1. The number of piperidine rings is 1. The van der Waals surface area contributed by atoms with Crippen molar-refractivity contribution in [1.29, 1.82) is 0 Å². The van der Waals surface area contributed by atoms with E-state index in [2.05, 4.69) is 10.2 Å². The Balaban J connectivity index is 0.000000638. The van der Waals surface area contributed by atoms with E-state index in [0.29, 0.717) is 12.1 Å². The molecule has 2 amide bonds. The van der Waals surface area contributed by atoms with Gasteiger partial charge in [0.2, 0.25) is 0 Å². The second kappa shape index (κ2) is 13.9. The quantitative estimate of drug-likeness (QED) is 0.468. The van der Waals surface area contributed by atoms with Crippen LogP contribution in [0.4, 0.5) is 26.7 Å². The number of ether oxygens (including phenoxy) is 1. The number of alkyl halides is 3. The Hall–Kier alpha value is -3.41. The number of benzene rings is 2. The number of urea groups is 1. The number of nitrogens with zero attached hydrogens (tertiary/aromatic N) is 2. The van der Waals surface area contributed by atoms with Crippen molar-refractivity contribution in [1.82, 2.24) is 15.1 Å². The first-order chi connectivity index (χ1) is 17.8. The number of carbonyl (C=O) groups is 2. The molecule has 3 rings (SSSR count). The normalized spacial score (nSPS) is 14.4. The fourth-order valence-corrected chi connectivity index (χ4v) is 3.74. The molecule has 210 valence electrons. The Morgan fingerprint density at radius 3 is 2.18 bits per heavy atom. The van der Waals surface area contributed by atoms with Crippen molar-refractivity contribution in [3.8, 4) is 5.75 Å². The molecule has 0 saturated carbocycles. The van der Waals surface area contributed by atoms with E-state index in [1.807, 2.05) is 45.2 Å². The van der Waals surface area contributed by atoms with Gasteiger partial charge >= 0.3 is 18.2 Å². The van der Waals surface area contributed by atoms with Crippen LogP contribution in [0.25, 0.3) is 0 Å². The predicted molar refractivity (Wildman–Crippen MR) is 131 cm³/mol. The highest BCUT2D eigenvalue weighted by atomic mass is 19.4. The molecular formula is C26H32F5N3O4. The molecule has 1 heterocycles. The predicted octanol–water partition coefficient (Wildman–Crippen LogP) is 5.19. The van der Waals surface area contributed by atoms with E-state index in [1.54, 1.807) is 4.90 Å². The van der Waals surface area contributed by atoms with Gasteiger partial charge in [-0.2, -0.15) is 13.2 Å². The third-order valence-corrected chi connectivity index (χ3v) is 5.73. The first-order valence-corrected chi connectivity index (χ1v) is 12.0. The van der Waals surface area contributed by atoms with Crippen LogP contribution in [0, 0.1) is 11.6 Å². The summed E-state index contributed by atoms with van der Waals surface area (Å²) in [5.41, 5.74) is 1.26. The van der Waals surface area contributed by atoms with Crippen molar-refractivity contribution in [3.63, 3.8) is 0 Å². The fourth-order valence-electron chi connectivity index (χ4n) is 3.74. The monoisotopic (exact) mass is 545 g/mol. The van der Waals surface area contributed by atoms with Gasteiger partial charge in [-0.3, -0.25) is 0 Å². The molecule has 38 heavy (non-hydrogen) atoms. The molecule has 0 unspecified atom stereocenters. The van der Waals surface area contributed by atoms with Crippen LogP contribution in [-0.4, -0.2) is 65.4 Å². The number of likely N-dealkylation sites (tertiary alicyclic amines) is 1. The van der Waals surface area contributed by atoms with Gasteiger partial charge in [-0.1, -0.05) is 18.2 Å². The molecular weight excluding hydrogens is 513 g/mol. The van der Waals surface area contributed by atoms with E-state index >= 15 is 0 Å². The molecule has 0 aromatic heterocycles. The summed E-state index contributed by atoms with van der Waals surface area (Å²) in [6.07, 6.45) is -3.36. The van der Waals surface area contributed by atoms with E-state index in [9.17, 15) is 26.7 Å². The molecule has 7 nitrogen and oxygen atoms in total. The third kappa shape index (κ3) is 10.2. The van der Waals surface area contributed by atoms with Crippen molar-refractivity contribution in [2.75, 3.05) is 20.1 Å². The maximum Gasteiger partial charge on any atom is 0.490 e.